The van der Waals surface area contributed by atoms with Crippen molar-refractivity contribution in [2.24, 2.45) is 0 Å². The molecule has 1 heterocycles. The molecule has 0 amide bonds. The third-order valence-corrected chi connectivity index (χ3v) is 0.872. The van der Waals surface area contributed by atoms with Crippen LogP contribution in [-0.2, 0) is 0 Å². The topological polar surface area (TPSA) is 22.1 Å². The van der Waals surface area contributed by atoms with Crippen molar-refractivity contribution in [3.05, 3.63) is 24.5 Å². The number of alkyl halides is 2. The van der Waals surface area contributed by atoms with Gasteiger partial charge in [0.25, 0.3) is 0 Å². The van der Waals surface area contributed by atoms with Crippen molar-refractivity contribution in [3.8, 4) is 5.75 Å². The second-order valence-electron chi connectivity index (χ2n) is 2.02. The number of hydrogen-bond acceptors (Lipinski definition) is 2. The van der Waals surface area contributed by atoms with Crippen LogP contribution in [0.2, 0.25) is 0 Å². The van der Waals surface area contributed by atoms with Crippen LogP contribution in [-0.4, -0.2) is 11.1 Å². The van der Waals surface area contributed by atoms with Crippen molar-refractivity contribution in [2.75, 3.05) is 0 Å². The molecule has 59 valence electrons. The number of hydrogen-bond donors (Lipinski definition) is 0. The molecule has 0 aliphatic rings. The standard InChI is InChI=1S/C7H6F2NO/c1-7(8,9)11-6-3-2-4-10-5-6/h2-4H,1H3. The van der Waals surface area contributed by atoms with E-state index in [1.807, 2.05) is 0 Å². The number of aromatic nitrogens is 1. The van der Waals surface area contributed by atoms with Gasteiger partial charge in [-0.3, -0.25) is 4.98 Å². The second kappa shape index (κ2) is 2.82. The highest BCUT2D eigenvalue weighted by Gasteiger charge is 2.22. The van der Waals surface area contributed by atoms with Crippen LogP contribution in [0.25, 0.3) is 0 Å². The molecule has 2 nitrogen and oxygen atoms in total. The zero-order valence-electron chi connectivity index (χ0n) is 5.84. The monoisotopic (exact) mass is 158 g/mol. The van der Waals surface area contributed by atoms with Crippen LogP contribution < -0.4 is 4.74 Å². The first-order chi connectivity index (χ1) is 5.08. The van der Waals surface area contributed by atoms with Crippen LogP contribution in [0, 0.1) is 6.20 Å². The maximum Gasteiger partial charge on any atom is 0.394 e. The van der Waals surface area contributed by atoms with Gasteiger partial charge in [0.1, 0.15) is 6.20 Å². The lowest BCUT2D eigenvalue weighted by molar-refractivity contribution is -0.159. The highest BCUT2D eigenvalue weighted by molar-refractivity contribution is 5.14. The Kier molecular flexibility index (Phi) is 2.03. The first-order valence-corrected chi connectivity index (χ1v) is 2.97. The Labute approximate surface area is 62.8 Å². The third kappa shape index (κ3) is 2.93. The summed E-state index contributed by atoms with van der Waals surface area (Å²) < 4.78 is 28.4. The molecule has 0 atom stereocenters. The van der Waals surface area contributed by atoms with E-state index in [1.165, 1.54) is 18.3 Å². The van der Waals surface area contributed by atoms with E-state index in [0.29, 0.717) is 6.92 Å². The zero-order chi connectivity index (χ0) is 8.32. The van der Waals surface area contributed by atoms with Crippen LogP contribution in [0.4, 0.5) is 8.78 Å². The number of ether oxygens (including phenoxy) is 1. The minimum atomic E-state index is -3.17. The third-order valence-electron chi connectivity index (χ3n) is 0.872. The lowest BCUT2D eigenvalue weighted by Crippen LogP contribution is -2.19. The summed E-state index contributed by atoms with van der Waals surface area (Å²) in [5.41, 5.74) is 0. The number of pyridine rings is 1. The Balaban J connectivity index is 2.66. The van der Waals surface area contributed by atoms with Crippen molar-refractivity contribution < 1.29 is 13.5 Å². The van der Waals surface area contributed by atoms with E-state index in [2.05, 4.69) is 15.9 Å². The van der Waals surface area contributed by atoms with Crippen LogP contribution in [0.5, 0.6) is 5.75 Å². The van der Waals surface area contributed by atoms with Crippen LogP contribution in [0.15, 0.2) is 18.3 Å². The fraction of sp³-hybridized carbons (Fsp3) is 0.286. The lowest BCUT2D eigenvalue weighted by Gasteiger charge is -2.11. The van der Waals surface area contributed by atoms with Gasteiger partial charge in [0.2, 0.25) is 0 Å². The first-order valence-electron chi connectivity index (χ1n) is 2.97. The van der Waals surface area contributed by atoms with E-state index >= 15 is 0 Å². The van der Waals surface area contributed by atoms with Crippen LogP contribution in [0.1, 0.15) is 6.92 Å². The summed E-state index contributed by atoms with van der Waals surface area (Å²) in [4.78, 5) is 3.49. The number of halogens is 2. The average molecular weight is 158 g/mol. The highest BCUT2D eigenvalue weighted by atomic mass is 19.3. The van der Waals surface area contributed by atoms with E-state index in [9.17, 15) is 8.78 Å². The summed E-state index contributed by atoms with van der Waals surface area (Å²) in [6, 6.07) is 2.86. The summed E-state index contributed by atoms with van der Waals surface area (Å²) in [5.74, 6) is -0.0556. The molecule has 0 saturated carbocycles. The largest absolute Gasteiger partial charge is 0.430 e. The number of nitrogens with zero attached hydrogens (tertiary/aromatic N) is 1. The van der Waals surface area contributed by atoms with E-state index in [4.69, 9.17) is 0 Å². The van der Waals surface area contributed by atoms with Gasteiger partial charge in [-0.25, -0.2) is 0 Å². The summed E-state index contributed by atoms with van der Waals surface area (Å²) >= 11 is 0. The Morgan fingerprint density at radius 2 is 2.36 bits per heavy atom. The van der Waals surface area contributed by atoms with Gasteiger partial charge in [0.05, 0.1) is 0 Å². The lowest BCUT2D eigenvalue weighted by atomic mass is 10.5. The van der Waals surface area contributed by atoms with Crippen molar-refractivity contribution in [3.63, 3.8) is 0 Å². The van der Waals surface area contributed by atoms with Crippen molar-refractivity contribution in [1.82, 2.24) is 4.98 Å². The SMILES string of the molecule is CC(F)(F)Oc1[c]nccc1. The zero-order valence-corrected chi connectivity index (χ0v) is 5.84. The van der Waals surface area contributed by atoms with Gasteiger partial charge in [-0.15, -0.1) is 0 Å². The quantitative estimate of drug-likeness (QED) is 0.655. The first kappa shape index (κ1) is 7.91. The van der Waals surface area contributed by atoms with Gasteiger partial charge in [0.15, 0.2) is 5.75 Å². The smallest absolute Gasteiger partial charge is 0.394 e. The predicted octanol–water partition coefficient (Wildman–Crippen LogP) is 1.87. The number of rotatable bonds is 2. The van der Waals surface area contributed by atoms with Gasteiger partial charge >= 0.3 is 6.11 Å². The summed E-state index contributed by atoms with van der Waals surface area (Å²) in [7, 11) is 0. The molecule has 0 N–H and O–H groups in total. The minimum absolute atomic E-state index is 0.0556. The van der Waals surface area contributed by atoms with Crippen LogP contribution >= 0.6 is 0 Å². The Hall–Kier alpha value is -1.19. The molecule has 0 saturated heterocycles. The molecule has 11 heavy (non-hydrogen) atoms. The van der Waals surface area contributed by atoms with E-state index < -0.39 is 6.11 Å². The Bertz CT molecular complexity index is 220. The molecule has 0 bridgehead atoms. The van der Waals surface area contributed by atoms with Crippen molar-refractivity contribution >= 4 is 0 Å². The van der Waals surface area contributed by atoms with Gasteiger partial charge in [-0.1, -0.05) is 0 Å². The predicted molar refractivity (Wildman–Crippen MR) is 34.3 cm³/mol. The van der Waals surface area contributed by atoms with Gasteiger partial charge < -0.3 is 4.74 Å². The maximum absolute atomic E-state index is 12.1. The van der Waals surface area contributed by atoms with E-state index in [1.54, 1.807) is 0 Å². The molecule has 4 heteroatoms. The molecule has 1 rings (SSSR count). The summed E-state index contributed by atoms with van der Waals surface area (Å²) in [6.45, 7) is 0.661. The Morgan fingerprint density at radius 1 is 1.64 bits per heavy atom. The molecular weight excluding hydrogens is 152 g/mol. The molecule has 1 aromatic rings. The fourth-order valence-corrected chi connectivity index (χ4v) is 0.562. The van der Waals surface area contributed by atoms with Crippen LogP contribution in [0.3, 0.4) is 0 Å². The maximum atomic E-state index is 12.1. The fourth-order valence-electron chi connectivity index (χ4n) is 0.562. The molecule has 1 radical (unpaired) electrons. The Morgan fingerprint density at radius 3 is 2.82 bits per heavy atom. The molecule has 0 aliphatic heterocycles. The van der Waals surface area contributed by atoms with E-state index in [0.717, 1.165) is 0 Å². The summed E-state index contributed by atoms with van der Waals surface area (Å²) in [6.07, 6.45) is 0.537. The van der Waals surface area contributed by atoms with Crippen molar-refractivity contribution in [1.29, 1.82) is 0 Å². The molecule has 0 aromatic carbocycles. The second-order valence-corrected chi connectivity index (χ2v) is 2.02. The molecule has 1 aromatic heterocycles. The molecule has 0 aliphatic carbocycles. The normalized spacial score (nSPS) is 11.2. The highest BCUT2D eigenvalue weighted by Crippen LogP contribution is 2.18. The molecule has 0 fully saturated rings. The molecule has 0 unspecified atom stereocenters. The van der Waals surface area contributed by atoms with Gasteiger partial charge in [-0.2, -0.15) is 8.78 Å². The summed E-state index contributed by atoms with van der Waals surface area (Å²) in [5, 5.41) is 0. The van der Waals surface area contributed by atoms with Gasteiger partial charge in [-0.05, 0) is 12.1 Å². The average Bonchev–Trinajstić information content (AvgIpc) is 1.85. The van der Waals surface area contributed by atoms with Gasteiger partial charge in [0, 0.05) is 13.1 Å². The molecule has 0 spiro atoms. The van der Waals surface area contributed by atoms with Crippen molar-refractivity contribution in [2.45, 2.75) is 13.0 Å². The minimum Gasteiger partial charge on any atom is -0.430 e. The van der Waals surface area contributed by atoms with E-state index in [-0.39, 0.29) is 5.75 Å². The molecular formula is C7H6F2NO.